The first-order valence-corrected chi connectivity index (χ1v) is 13.9. The molecule has 200 valence electrons. The molecule has 5 nitrogen and oxygen atoms in total. The lowest BCUT2D eigenvalue weighted by Gasteiger charge is -2.25. The van der Waals surface area contributed by atoms with Crippen LogP contribution in [0.3, 0.4) is 0 Å². The van der Waals surface area contributed by atoms with E-state index in [1.807, 2.05) is 60.7 Å². The molecule has 0 saturated heterocycles. The lowest BCUT2D eigenvalue weighted by molar-refractivity contribution is 0.666. The number of benzene rings is 6. The molecule has 8 aromatic rings. The van der Waals surface area contributed by atoms with E-state index in [4.69, 9.17) is 15.4 Å². The summed E-state index contributed by atoms with van der Waals surface area (Å²) in [5, 5.41) is 13.7. The summed E-state index contributed by atoms with van der Waals surface area (Å²) in [6.45, 7) is 7.46. The average Bonchev–Trinajstić information content (AvgIpc) is 3.64. The van der Waals surface area contributed by atoms with E-state index in [1.54, 1.807) is 6.07 Å². The van der Waals surface area contributed by atoms with Gasteiger partial charge in [-0.25, -0.2) is 4.85 Å². The van der Waals surface area contributed by atoms with Crippen LogP contribution in [-0.4, -0.2) is 0 Å². The summed E-state index contributed by atoms with van der Waals surface area (Å²) < 4.78 is 13.0. The Kier molecular flexibility index (Phi) is 5.50. The van der Waals surface area contributed by atoms with E-state index in [9.17, 15) is 5.26 Å². The van der Waals surface area contributed by atoms with Gasteiger partial charge < -0.3 is 13.7 Å². The summed E-state index contributed by atoms with van der Waals surface area (Å²) >= 11 is 0. The quantitative estimate of drug-likeness (QED) is 0.204. The van der Waals surface area contributed by atoms with E-state index in [0.717, 1.165) is 72.1 Å². The van der Waals surface area contributed by atoms with Gasteiger partial charge in [0.25, 0.3) is 0 Å². The van der Waals surface area contributed by atoms with Crippen LogP contribution in [0.2, 0.25) is 0 Å². The normalized spacial score (nSPS) is 11.2. The van der Waals surface area contributed by atoms with Gasteiger partial charge in [0, 0.05) is 32.8 Å². The zero-order chi connectivity index (χ0) is 28.9. The monoisotopic (exact) mass is 551 g/mol. The largest absolute Gasteiger partial charge is 0.454 e. The summed E-state index contributed by atoms with van der Waals surface area (Å²) in [5.74, 6) is 0. The van der Waals surface area contributed by atoms with Gasteiger partial charge >= 0.3 is 0 Å². The molecule has 0 amide bonds. The van der Waals surface area contributed by atoms with Crippen LogP contribution in [0.15, 0.2) is 136 Å². The van der Waals surface area contributed by atoms with E-state index in [2.05, 4.69) is 76.5 Å². The molecule has 0 unspecified atom stereocenters. The third-order valence-electron chi connectivity index (χ3n) is 7.88. The van der Waals surface area contributed by atoms with Gasteiger partial charge in [0.2, 0.25) is 0 Å². The number of furan rings is 2. The number of fused-ring (bicyclic) bond motifs is 6. The Morgan fingerprint density at radius 3 is 1.70 bits per heavy atom. The zero-order valence-corrected chi connectivity index (χ0v) is 22.8. The van der Waals surface area contributed by atoms with Crippen LogP contribution in [0, 0.1) is 17.9 Å². The minimum absolute atomic E-state index is 0.438. The van der Waals surface area contributed by atoms with Crippen molar-refractivity contribution in [2.75, 3.05) is 4.90 Å². The van der Waals surface area contributed by atoms with Gasteiger partial charge in [0.1, 0.15) is 11.2 Å². The molecule has 0 aliphatic carbocycles. The fraction of sp³-hybridized carbons (Fsp3) is 0. The predicted octanol–water partition coefficient (Wildman–Crippen LogP) is 11.0. The Bertz CT molecular complexity index is 2290. The van der Waals surface area contributed by atoms with Crippen LogP contribution in [0.5, 0.6) is 0 Å². The summed E-state index contributed by atoms with van der Waals surface area (Å²) in [5.41, 5.74) is 8.53. The third-order valence-corrected chi connectivity index (χ3v) is 7.88. The second-order valence-electron chi connectivity index (χ2n) is 10.4. The molecule has 0 aliphatic heterocycles. The third kappa shape index (κ3) is 3.92. The van der Waals surface area contributed by atoms with Crippen LogP contribution in [-0.2, 0) is 0 Å². The van der Waals surface area contributed by atoms with Gasteiger partial charge in [0.05, 0.1) is 24.0 Å². The van der Waals surface area contributed by atoms with Crippen LogP contribution in [0.1, 0.15) is 5.56 Å². The Morgan fingerprint density at radius 2 is 1.14 bits per heavy atom. The molecule has 0 radical (unpaired) electrons. The molecule has 2 heterocycles. The van der Waals surface area contributed by atoms with Crippen LogP contribution in [0.4, 0.5) is 22.7 Å². The molecule has 0 N–H and O–H groups in total. The number of nitriles is 1. The van der Waals surface area contributed by atoms with Gasteiger partial charge in [-0.15, -0.1) is 0 Å². The van der Waals surface area contributed by atoms with Crippen molar-refractivity contribution >= 4 is 66.6 Å². The van der Waals surface area contributed by atoms with Crippen LogP contribution < -0.4 is 4.90 Å². The van der Waals surface area contributed by atoms with Crippen LogP contribution in [0.25, 0.3) is 59.8 Å². The highest BCUT2D eigenvalue weighted by molar-refractivity contribution is 6.13. The molecule has 8 rings (SSSR count). The summed E-state index contributed by atoms with van der Waals surface area (Å²) in [7, 11) is 0. The molecule has 5 heteroatoms. The number of para-hydroxylation sites is 4. The number of nitrogens with zero attached hydrogens (tertiary/aromatic N) is 3. The van der Waals surface area contributed by atoms with Crippen molar-refractivity contribution in [1.82, 2.24) is 0 Å². The second-order valence-corrected chi connectivity index (χ2v) is 10.4. The van der Waals surface area contributed by atoms with Gasteiger partial charge in [-0.1, -0.05) is 72.8 Å². The Morgan fingerprint density at radius 1 is 0.581 bits per heavy atom. The highest BCUT2D eigenvalue weighted by Crippen LogP contribution is 2.46. The van der Waals surface area contributed by atoms with Gasteiger partial charge in [-0.05, 0) is 65.7 Å². The van der Waals surface area contributed by atoms with Crippen LogP contribution >= 0.6 is 0 Å². The highest BCUT2D eigenvalue weighted by atomic mass is 16.3. The highest BCUT2D eigenvalue weighted by Gasteiger charge is 2.23. The Balaban J connectivity index is 1.37. The molecule has 0 bridgehead atoms. The van der Waals surface area contributed by atoms with Crippen molar-refractivity contribution in [3.05, 3.63) is 144 Å². The molecule has 2 aromatic heterocycles. The smallest absolute Gasteiger partial charge is 0.189 e. The number of hydrogen-bond acceptors (Lipinski definition) is 4. The SMILES string of the molecule is [C-]#[N+]c1cc(C#N)cc(-c2ccc(N(c3cccc4c3oc3ccccc34)c3cccc4c3oc3ccccc34)cc2)c1. The molecule has 6 aromatic carbocycles. The number of rotatable bonds is 4. The van der Waals surface area contributed by atoms with E-state index < -0.39 is 0 Å². The lowest BCUT2D eigenvalue weighted by Crippen LogP contribution is -2.10. The molecule has 0 fully saturated rings. The Hall–Kier alpha value is -6.30. The van der Waals surface area contributed by atoms with E-state index in [0.29, 0.717) is 11.3 Å². The first-order valence-electron chi connectivity index (χ1n) is 13.9. The van der Waals surface area contributed by atoms with Crippen molar-refractivity contribution in [3.8, 4) is 17.2 Å². The molecular formula is C38H21N3O2. The minimum Gasteiger partial charge on any atom is -0.454 e. The minimum atomic E-state index is 0.438. The first-order chi connectivity index (χ1) is 21.2. The number of hydrogen-bond donors (Lipinski definition) is 0. The maximum atomic E-state index is 9.50. The fourth-order valence-electron chi connectivity index (χ4n) is 5.93. The molecule has 0 atom stereocenters. The molecular weight excluding hydrogens is 530 g/mol. The maximum Gasteiger partial charge on any atom is 0.189 e. The number of anilines is 3. The van der Waals surface area contributed by atoms with E-state index in [1.165, 1.54) is 0 Å². The van der Waals surface area contributed by atoms with Gasteiger partial charge in [0.15, 0.2) is 16.9 Å². The fourth-order valence-corrected chi connectivity index (χ4v) is 5.93. The zero-order valence-electron chi connectivity index (χ0n) is 22.8. The van der Waals surface area contributed by atoms with E-state index in [-0.39, 0.29) is 0 Å². The topological polar surface area (TPSA) is 57.7 Å². The predicted molar refractivity (Wildman–Crippen MR) is 172 cm³/mol. The summed E-state index contributed by atoms with van der Waals surface area (Å²) in [6.07, 6.45) is 0. The molecule has 0 saturated carbocycles. The maximum absolute atomic E-state index is 9.50. The lowest BCUT2D eigenvalue weighted by atomic mass is 10.0. The van der Waals surface area contributed by atoms with Crippen molar-refractivity contribution in [2.45, 2.75) is 0 Å². The standard InChI is InChI=1S/C38H21N3O2/c1-40-27-21-24(23-39)20-26(22-27)25-16-18-28(19-17-25)41(33-12-6-10-31-29-8-2-4-14-35(29)42-37(31)33)34-13-7-11-32-30-9-3-5-15-36(30)43-38(32)34/h2-22H. The van der Waals surface area contributed by atoms with Crippen molar-refractivity contribution < 1.29 is 8.83 Å². The van der Waals surface area contributed by atoms with Gasteiger partial charge in [-0.2, -0.15) is 5.26 Å². The van der Waals surface area contributed by atoms with Gasteiger partial charge in [-0.3, -0.25) is 0 Å². The summed E-state index contributed by atoms with van der Waals surface area (Å²) in [4.78, 5) is 5.73. The summed E-state index contributed by atoms with van der Waals surface area (Å²) in [6, 6.07) is 44.1. The molecule has 0 aliphatic rings. The van der Waals surface area contributed by atoms with Crippen molar-refractivity contribution in [2.24, 2.45) is 0 Å². The average molecular weight is 552 g/mol. The Labute approximate surface area is 246 Å². The second kappa shape index (κ2) is 9.66. The van der Waals surface area contributed by atoms with Crippen molar-refractivity contribution in [3.63, 3.8) is 0 Å². The first kappa shape index (κ1) is 24.5. The molecule has 43 heavy (non-hydrogen) atoms. The van der Waals surface area contributed by atoms with Crippen molar-refractivity contribution in [1.29, 1.82) is 5.26 Å². The van der Waals surface area contributed by atoms with E-state index >= 15 is 0 Å². The molecule has 0 spiro atoms.